The molecule has 3 nitrogen and oxygen atoms in total. The maximum atomic E-state index is 5.84. The third-order valence-corrected chi connectivity index (χ3v) is 5.09. The van der Waals surface area contributed by atoms with E-state index in [0.717, 1.165) is 29.4 Å². The van der Waals surface area contributed by atoms with Gasteiger partial charge in [0.15, 0.2) is 5.13 Å². The lowest BCUT2D eigenvalue weighted by molar-refractivity contribution is 0.325. The molecule has 0 radical (unpaired) electrons. The Morgan fingerprint density at radius 2 is 2.11 bits per heavy atom. The van der Waals surface area contributed by atoms with Crippen molar-refractivity contribution in [2.45, 2.75) is 33.1 Å². The highest BCUT2D eigenvalue weighted by atomic mass is 32.1. The summed E-state index contributed by atoms with van der Waals surface area (Å²) in [5, 5.41) is 1.15. The number of nitrogens with two attached hydrogens (primary N) is 1. The number of hydrogen-bond donors (Lipinski definition) is 1. The fourth-order valence-electron chi connectivity index (χ4n) is 2.68. The van der Waals surface area contributed by atoms with Gasteiger partial charge in [0.05, 0.1) is 10.2 Å². The number of fused-ring (bicyclic) bond motifs is 1. The van der Waals surface area contributed by atoms with Gasteiger partial charge in [0.1, 0.15) is 0 Å². The van der Waals surface area contributed by atoms with Crippen LogP contribution in [0.15, 0.2) is 18.2 Å². The number of nitrogens with zero attached hydrogens (tertiary/aromatic N) is 2. The molecule has 0 spiro atoms. The number of anilines is 2. The molecule has 4 heteroatoms. The molecule has 1 aromatic carbocycles. The van der Waals surface area contributed by atoms with Gasteiger partial charge in [-0.3, -0.25) is 0 Å². The van der Waals surface area contributed by atoms with Gasteiger partial charge in [0, 0.05) is 18.8 Å². The minimum atomic E-state index is 0.468. The first-order valence-electron chi connectivity index (χ1n) is 6.95. The lowest BCUT2D eigenvalue weighted by atomic mass is 9.85. The highest BCUT2D eigenvalue weighted by Crippen LogP contribution is 2.35. The predicted octanol–water partition coefficient (Wildman–Crippen LogP) is 3.90. The van der Waals surface area contributed by atoms with Crippen LogP contribution >= 0.6 is 11.3 Å². The summed E-state index contributed by atoms with van der Waals surface area (Å²) in [5.41, 5.74) is 8.19. The van der Waals surface area contributed by atoms with E-state index in [4.69, 9.17) is 10.7 Å². The largest absolute Gasteiger partial charge is 0.399 e. The van der Waals surface area contributed by atoms with Crippen molar-refractivity contribution in [1.29, 1.82) is 0 Å². The molecule has 0 amide bonds. The van der Waals surface area contributed by atoms with E-state index in [-0.39, 0.29) is 0 Å². The standard InChI is InChI=1S/C15H21N3S/c1-15(2)6-3-8-18(9-7-15)14-17-12-5-4-11(16)10-13(12)19-14/h4-5,10H,3,6-9,16H2,1-2H3. The summed E-state index contributed by atoms with van der Waals surface area (Å²) in [7, 11) is 0. The van der Waals surface area contributed by atoms with E-state index in [9.17, 15) is 0 Å². The van der Waals surface area contributed by atoms with Crippen LogP contribution in [0.5, 0.6) is 0 Å². The molecule has 2 heterocycles. The average molecular weight is 275 g/mol. The van der Waals surface area contributed by atoms with Crippen molar-refractivity contribution >= 4 is 32.4 Å². The first-order chi connectivity index (χ1) is 9.03. The summed E-state index contributed by atoms with van der Waals surface area (Å²) < 4.78 is 1.19. The fraction of sp³-hybridized carbons (Fsp3) is 0.533. The maximum absolute atomic E-state index is 5.84. The smallest absolute Gasteiger partial charge is 0.186 e. The second-order valence-corrected chi connectivity index (χ2v) is 7.24. The Balaban J connectivity index is 1.87. The van der Waals surface area contributed by atoms with Crippen molar-refractivity contribution in [3.8, 4) is 0 Å². The lowest BCUT2D eigenvalue weighted by Gasteiger charge is -2.22. The van der Waals surface area contributed by atoms with Crippen LogP contribution < -0.4 is 10.6 Å². The zero-order valence-electron chi connectivity index (χ0n) is 11.6. The third-order valence-electron chi connectivity index (χ3n) is 4.01. The zero-order valence-corrected chi connectivity index (χ0v) is 12.5. The van der Waals surface area contributed by atoms with E-state index in [1.54, 1.807) is 11.3 Å². The van der Waals surface area contributed by atoms with Crippen LogP contribution in [0.2, 0.25) is 0 Å². The van der Waals surface area contributed by atoms with Gasteiger partial charge < -0.3 is 10.6 Å². The topological polar surface area (TPSA) is 42.2 Å². The minimum Gasteiger partial charge on any atom is -0.399 e. The predicted molar refractivity (Wildman–Crippen MR) is 83.9 cm³/mol. The number of rotatable bonds is 1. The number of benzene rings is 1. The Hall–Kier alpha value is -1.29. The Morgan fingerprint density at radius 3 is 2.95 bits per heavy atom. The highest BCUT2D eigenvalue weighted by molar-refractivity contribution is 7.22. The van der Waals surface area contributed by atoms with Gasteiger partial charge in [-0.05, 0) is 42.9 Å². The van der Waals surface area contributed by atoms with Crippen LogP contribution in [0.4, 0.5) is 10.8 Å². The summed E-state index contributed by atoms with van der Waals surface area (Å²) in [4.78, 5) is 7.20. The summed E-state index contributed by atoms with van der Waals surface area (Å²) in [6.45, 7) is 6.98. The SMILES string of the molecule is CC1(C)CCCN(c2nc3ccc(N)cc3s2)CC1. The Kier molecular flexibility index (Phi) is 3.13. The molecule has 19 heavy (non-hydrogen) atoms. The lowest BCUT2D eigenvalue weighted by Crippen LogP contribution is -2.24. The van der Waals surface area contributed by atoms with Crippen molar-refractivity contribution in [3.05, 3.63) is 18.2 Å². The van der Waals surface area contributed by atoms with E-state index >= 15 is 0 Å². The van der Waals surface area contributed by atoms with Gasteiger partial charge in [0.2, 0.25) is 0 Å². The first-order valence-corrected chi connectivity index (χ1v) is 7.76. The number of thiazole rings is 1. The molecule has 0 atom stereocenters. The van der Waals surface area contributed by atoms with Crippen LogP contribution in [-0.2, 0) is 0 Å². The van der Waals surface area contributed by atoms with E-state index in [2.05, 4.69) is 18.7 Å². The van der Waals surface area contributed by atoms with Crippen molar-refractivity contribution in [2.24, 2.45) is 5.41 Å². The summed E-state index contributed by atoms with van der Waals surface area (Å²) >= 11 is 1.76. The van der Waals surface area contributed by atoms with Crippen molar-refractivity contribution in [1.82, 2.24) is 4.98 Å². The van der Waals surface area contributed by atoms with Crippen molar-refractivity contribution in [2.75, 3.05) is 23.7 Å². The van der Waals surface area contributed by atoms with Crippen LogP contribution in [0.25, 0.3) is 10.2 Å². The normalized spacial score (nSPS) is 19.6. The molecule has 1 aliphatic rings. The van der Waals surface area contributed by atoms with E-state index in [1.165, 1.54) is 24.0 Å². The van der Waals surface area contributed by atoms with Gasteiger partial charge in [0.25, 0.3) is 0 Å². The third kappa shape index (κ3) is 2.68. The van der Waals surface area contributed by atoms with Crippen molar-refractivity contribution < 1.29 is 0 Å². The van der Waals surface area contributed by atoms with Gasteiger partial charge in [-0.15, -0.1) is 0 Å². The van der Waals surface area contributed by atoms with E-state index < -0.39 is 0 Å². The van der Waals surface area contributed by atoms with Crippen LogP contribution in [0.1, 0.15) is 33.1 Å². The van der Waals surface area contributed by atoms with Gasteiger partial charge in [-0.2, -0.15) is 0 Å². The quantitative estimate of drug-likeness (QED) is 0.803. The second-order valence-electron chi connectivity index (χ2n) is 6.23. The maximum Gasteiger partial charge on any atom is 0.186 e. The molecule has 2 aromatic rings. The fourth-order valence-corrected chi connectivity index (χ4v) is 3.74. The molecule has 1 aromatic heterocycles. The van der Waals surface area contributed by atoms with Crippen LogP contribution in [0, 0.1) is 5.41 Å². The Morgan fingerprint density at radius 1 is 1.26 bits per heavy atom. The molecule has 1 saturated heterocycles. The molecule has 0 bridgehead atoms. The van der Waals surface area contributed by atoms with Crippen LogP contribution in [-0.4, -0.2) is 18.1 Å². The van der Waals surface area contributed by atoms with Gasteiger partial charge in [-0.25, -0.2) is 4.98 Å². The summed E-state index contributed by atoms with van der Waals surface area (Å²) in [5.74, 6) is 0. The summed E-state index contributed by atoms with van der Waals surface area (Å²) in [6.07, 6.45) is 3.80. The molecule has 1 aliphatic heterocycles. The Labute approximate surface area is 118 Å². The van der Waals surface area contributed by atoms with Gasteiger partial charge in [-0.1, -0.05) is 25.2 Å². The monoisotopic (exact) mass is 275 g/mol. The van der Waals surface area contributed by atoms with E-state index in [0.29, 0.717) is 5.41 Å². The molecule has 1 fully saturated rings. The zero-order chi connectivity index (χ0) is 13.5. The summed E-state index contributed by atoms with van der Waals surface area (Å²) in [6, 6.07) is 5.97. The molecule has 0 saturated carbocycles. The molecular formula is C15H21N3S. The average Bonchev–Trinajstić information content (AvgIpc) is 2.67. The molecular weight excluding hydrogens is 254 g/mol. The number of aromatic nitrogens is 1. The Bertz CT molecular complexity index is 588. The second kappa shape index (κ2) is 4.67. The molecule has 0 unspecified atom stereocenters. The molecule has 2 N–H and O–H groups in total. The number of nitrogen functional groups attached to an aromatic ring is 1. The highest BCUT2D eigenvalue weighted by Gasteiger charge is 2.24. The van der Waals surface area contributed by atoms with E-state index in [1.807, 2.05) is 18.2 Å². The van der Waals surface area contributed by atoms with Crippen LogP contribution in [0.3, 0.4) is 0 Å². The number of hydrogen-bond acceptors (Lipinski definition) is 4. The molecule has 102 valence electrons. The van der Waals surface area contributed by atoms with Gasteiger partial charge >= 0.3 is 0 Å². The molecule has 0 aliphatic carbocycles. The first kappa shape index (κ1) is 12.7. The minimum absolute atomic E-state index is 0.468. The molecule has 3 rings (SSSR count). The van der Waals surface area contributed by atoms with Crippen molar-refractivity contribution in [3.63, 3.8) is 0 Å².